The van der Waals surface area contributed by atoms with Crippen LogP contribution < -0.4 is 10.1 Å². The Hall–Kier alpha value is -4.08. The number of benzene rings is 1. The second kappa shape index (κ2) is 5.97. The number of ether oxygens (including phenoxy) is 1. The molecular formula is C21H15FN8O. The van der Waals surface area contributed by atoms with Crippen molar-refractivity contribution in [2.45, 2.75) is 25.0 Å². The third-order valence-electron chi connectivity index (χ3n) is 6.00. The Morgan fingerprint density at radius 2 is 2.06 bits per heavy atom. The van der Waals surface area contributed by atoms with Crippen LogP contribution in [0.1, 0.15) is 23.5 Å². The van der Waals surface area contributed by atoms with Crippen LogP contribution >= 0.6 is 0 Å². The van der Waals surface area contributed by atoms with E-state index >= 15 is 0 Å². The number of nitrogens with one attached hydrogen (secondary N) is 1. The summed E-state index contributed by atoms with van der Waals surface area (Å²) in [7, 11) is 0. The molecule has 0 saturated heterocycles. The van der Waals surface area contributed by atoms with Gasteiger partial charge in [0.1, 0.15) is 30.3 Å². The van der Waals surface area contributed by atoms with Gasteiger partial charge in [-0.05, 0) is 30.7 Å². The Bertz CT molecular complexity index is 1490. The number of aromatic nitrogens is 7. The van der Waals surface area contributed by atoms with Crippen molar-refractivity contribution in [2.75, 3.05) is 5.32 Å². The van der Waals surface area contributed by atoms with Crippen LogP contribution in [0.2, 0.25) is 0 Å². The van der Waals surface area contributed by atoms with Crippen molar-refractivity contribution >= 4 is 17.2 Å². The molecule has 1 saturated carbocycles. The van der Waals surface area contributed by atoms with Crippen molar-refractivity contribution in [3.63, 3.8) is 0 Å². The van der Waals surface area contributed by atoms with Crippen molar-refractivity contribution < 1.29 is 9.13 Å². The highest BCUT2D eigenvalue weighted by Crippen LogP contribution is 2.55. The van der Waals surface area contributed by atoms with E-state index in [0.717, 1.165) is 34.5 Å². The Morgan fingerprint density at radius 3 is 3.03 bits per heavy atom. The average Bonchev–Trinajstić information content (AvgIpc) is 3.18. The number of fused-ring (bicyclic) bond motifs is 5. The first-order valence-electron chi connectivity index (χ1n) is 9.96. The molecule has 4 aromatic heterocycles. The molecule has 31 heavy (non-hydrogen) atoms. The van der Waals surface area contributed by atoms with Gasteiger partial charge in [0.05, 0.1) is 0 Å². The molecule has 1 aliphatic heterocycles. The predicted octanol–water partition coefficient (Wildman–Crippen LogP) is 2.83. The third kappa shape index (κ3) is 2.44. The van der Waals surface area contributed by atoms with Gasteiger partial charge >= 0.3 is 0 Å². The van der Waals surface area contributed by atoms with E-state index in [2.05, 4.69) is 30.7 Å². The molecule has 0 bridgehead atoms. The van der Waals surface area contributed by atoms with Crippen LogP contribution in [0.3, 0.4) is 0 Å². The topological polar surface area (TPSA) is 94.5 Å². The molecule has 2 aliphatic rings. The number of pyridine rings is 1. The molecule has 1 N–H and O–H groups in total. The highest BCUT2D eigenvalue weighted by molar-refractivity contribution is 5.77. The summed E-state index contributed by atoms with van der Waals surface area (Å²) in [5.41, 5.74) is 4.75. The summed E-state index contributed by atoms with van der Waals surface area (Å²) in [4.78, 5) is 4.57. The van der Waals surface area contributed by atoms with Crippen LogP contribution in [0.5, 0.6) is 5.75 Å². The zero-order valence-electron chi connectivity index (χ0n) is 16.1. The number of hydrogen-bond donors (Lipinski definition) is 1. The van der Waals surface area contributed by atoms with Crippen LogP contribution in [0.25, 0.3) is 22.4 Å². The third-order valence-corrected chi connectivity index (χ3v) is 6.00. The molecule has 5 aromatic rings. The van der Waals surface area contributed by atoms with E-state index < -0.39 is 0 Å². The lowest BCUT2D eigenvalue weighted by atomic mass is 10.0. The number of nitrogens with zero attached hydrogens (tertiary/aromatic N) is 7. The normalized spacial score (nSPS) is 18.7. The maximum atomic E-state index is 14.6. The smallest absolute Gasteiger partial charge is 0.210 e. The monoisotopic (exact) mass is 414 g/mol. The number of rotatable bonds is 4. The van der Waals surface area contributed by atoms with Gasteiger partial charge in [-0.3, -0.25) is 8.80 Å². The fourth-order valence-electron chi connectivity index (χ4n) is 4.38. The van der Waals surface area contributed by atoms with Crippen LogP contribution in [-0.2, 0) is 6.54 Å². The molecule has 9 nitrogen and oxygen atoms in total. The van der Waals surface area contributed by atoms with Crippen molar-refractivity contribution in [3.8, 4) is 16.9 Å². The highest BCUT2D eigenvalue weighted by atomic mass is 19.1. The molecular weight excluding hydrogens is 399 g/mol. The van der Waals surface area contributed by atoms with E-state index in [1.807, 2.05) is 22.7 Å². The molecule has 1 aromatic carbocycles. The summed E-state index contributed by atoms with van der Waals surface area (Å²) < 4.78 is 24.1. The Labute approximate surface area is 174 Å². The minimum Gasteiger partial charge on any atom is -0.489 e. The fourth-order valence-corrected chi connectivity index (χ4v) is 4.38. The summed E-state index contributed by atoms with van der Waals surface area (Å²) in [6, 6.07) is 7.01. The van der Waals surface area contributed by atoms with Gasteiger partial charge in [0.15, 0.2) is 11.3 Å². The van der Waals surface area contributed by atoms with Crippen molar-refractivity contribution in [1.82, 2.24) is 34.2 Å². The second-order valence-corrected chi connectivity index (χ2v) is 7.82. The first kappa shape index (κ1) is 16.7. The van der Waals surface area contributed by atoms with Crippen molar-refractivity contribution in [3.05, 3.63) is 66.3 Å². The minimum atomic E-state index is -0.235. The number of halogens is 1. The highest BCUT2D eigenvalue weighted by Gasteiger charge is 2.49. The molecule has 7 rings (SSSR count). The summed E-state index contributed by atoms with van der Waals surface area (Å²) >= 11 is 0. The van der Waals surface area contributed by atoms with Gasteiger partial charge in [-0.2, -0.15) is 0 Å². The quantitative estimate of drug-likeness (QED) is 0.483. The average molecular weight is 414 g/mol. The molecule has 1 aliphatic carbocycles. The molecule has 2 atom stereocenters. The van der Waals surface area contributed by atoms with Gasteiger partial charge in [-0.1, -0.05) is 0 Å². The maximum absolute atomic E-state index is 14.6. The SMILES string of the molecule is Fc1ccc2c(c1CNc1ncc(-c3ccc4nncn4c3)c3nncn13)[C@H]1CC1O2. The van der Waals surface area contributed by atoms with E-state index in [1.165, 1.54) is 6.07 Å². The summed E-state index contributed by atoms with van der Waals surface area (Å²) in [6.45, 7) is 0.299. The summed E-state index contributed by atoms with van der Waals surface area (Å²) in [6.07, 6.45) is 8.07. The van der Waals surface area contributed by atoms with Gasteiger partial charge < -0.3 is 10.1 Å². The predicted molar refractivity (Wildman–Crippen MR) is 108 cm³/mol. The van der Waals surface area contributed by atoms with E-state index in [1.54, 1.807) is 29.3 Å². The molecule has 1 fully saturated rings. The van der Waals surface area contributed by atoms with Crippen molar-refractivity contribution in [2.24, 2.45) is 0 Å². The zero-order chi connectivity index (χ0) is 20.5. The van der Waals surface area contributed by atoms with E-state index in [4.69, 9.17) is 4.74 Å². The number of hydrogen-bond acceptors (Lipinski definition) is 7. The largest absolute Gasteiger partial charge is 0.489 e. The summed E-state index contributed by atoms with van der Waals surface area (Å²) in [5, 5.41) is 19.5. The zero-order valence-corrected chi connectivity index (χ0v) is 16.1. The van der Waals surface area contributed by atoms with Gasteiger partial charge in [-0.25, -0.2) is 9.37 Å². The lowest BCUT2D eigenvalue weighted by Gasteiger charge is -2.13. The molecule has 0 radical (unpaired) electrons. The van der Waals surface area contributed by atoms with E-state index in [9.17, 15) is 4.39 Å². The molecule has 5 heterocycles. The van der Waals surface area contributed by atoms with Gasteiger partial charge in [0.25, 0.3) is 0 Å². The summed E-state index contributed by atoms with van der Waals surface area (Å²) in [5.74, 6) is 1.40. The Kier molecular flexibility index (Phi) is 3.21. The van der Waals surface area contributed by atoms with Crippen LogP contribution in [0.15, 0.2) is 49.3 Å². The van der Waals surface area contributed by atoms with E-state index in [-0.39, 0.29) is 11.9 Å². The van der Waals surface area contributed by atoms with Gasteiger partial charge in [-0.15, -0.1) is 20.4 Å². The minimum absolute atomic E-state index is 0.209. The lowest BCUT2D eigenvalue weighted by Crippen LogP contribution is -2.10. The molecule has 0 spiro atoms. The molecule has 0 amide bonds. The van der Waals surface area contributed by atoms with E-state index in [0.29, 0.717) is 29.6 Å². The van der Waals surface area contributed by atoms with Crippen LogP contribution in [-0.4, -0.2) is 40.3 Å². The molecule has 152 valence electrons. The van der Waals surface area contributed by atoms with Crippen molar-refractivity contribution in [1.29, 1.82) is 0 Å². The van der Waals surface area contributed by atoms with Crippen LogP contribution in [0, 0.1) is 5.82 Å². The fraction of sp³-hybridized carbons (Fsp3) is 0.190. The van der Waals surface area contributed by atoms with Gasteiger partial charge in [0.2, 0.25) is 5.95 Å². The second-order valence-electron chi connectivity index (χ2n) is 7.82. The van der Waals surface area contributed by atoms with Gasteiger partial charge in [0, 0.05) is 47.1 Å². The molecule has 1 unspecified atom stereocenters. The standard InChI is InChI=1S/C21H15FN8O/c22-15-2-3-16-19(12-5-17(12)31-16)14(15)7-24-21-23-6-13(20-28-26-10-30(20)21)11-1-4-18-27-25-9-29(18)8-11/h1-4,6,8-10,12,17H,5,7H2,(H,23,24)/t12-,17?/m0/s1. The van der Waals surface area contributed by atoms with Crippen LogP contribution in [0.4, 0.5) is 10.3 Å². The molecule has 10 heteroatoms. The Morgan fingerprint density at radius 1 is 1.13 bits per heavy atom. The first-order valence-corrected chi connectivity index (χ1v) is 9.96. The maximum Gasteiger partial charge on any atom is 0.210 e. The number of anilines is 1. The first-order chi connectivity index (χ1) is 15.3. The Balaban J connectivity index is 1.25. The lowest BCUT2D eigenvalue weighted by molar-refractivity contribution is 0.318.